The van der Waals surface area contributed by atoms with Crippen molar-refractivity contribution in [2.24, 2.45) is 0 Å². The van der Waals surface area contributed by atoms with Gasteiger partial charge >= 0.3 is 0 Å². The van der Waals surface area contributed by atoms with Gasteiger partial charge in [-0.2, -0.15) is 0 Å². The summed E-state index contributed by atoms with van der Waals surface area (Å²) in [5.74, 6) is 0. The second-order valence-corrected chi connectivity index (χ2v) is 5.21. The molecule has 5 heteroatoms. The summed E-state index contributed by atoms with van der Waals surface area (Å²) < 4.78 is 2.27. The van der Waals surface area contributed by atoms with Crippen molar-refractivity contribution in [2.45, 2.75) is 0 Å². The normalized spacial score (nSPS) is 10.7. The van der Waals surface area contributed by atoms with Crippen molar-refractivity contribution in [3.05, 3.63) is 69.4 Å². The molecule has 0 spiro atoms. The molecule has 0 aliphatic carbocycles. The van der Waals surface area contributed by atoms with Gasteiger partial charge in [-0.3, -0.25) is 9.89 Å². The predicted octanol–water partition coefficient (Wildman–Crippen LogP) is 3.18. The Hall–Kier alpha value is -2.27. The van der Waals surface area contributed by atoms with E-state index in [0.29, 0.717) is 5.69 Å². The zero-order valence-electron chi connectivity index (χ0n) is 10.5. The zero-order valence-corrected chi connectivity index (χ0v) is 12.1. The number of nitrogens with two attached hydrogens (primary N) is 1. The fraction of sp³-hybridized carbons (Fsp3) is 0. The standard InChI is InChI=1S/C15H12BrN3O/c16-11-8-4-5-9-12(11)19-15(20)13(17)14(18-19)10-6-2-1-3-7-10/h1-9,18H,17H2. The number of hydrogen-bond acceptors (Lipinski definition) is 2. The Kier molecular flexibility index (Phi) is 3.20. The Morgan fingerprint density at radius 2 is 1.65 bits per heavy atom. The number of aromatic nitrogens is 2. The van der Waals surface area contributed by atoms with Crippen molar-refractivity contribution in [2.75, 3.05) is 5.73 Å². The van der Waals surface area contributed by atoms with E-state index in [1.54, 1.807) is 0 Å². The number of rotatable bonds is 2. The molecule has 0 aliphatic heterocycles. The average molecular weight is 330 g/mol. The van der Waals surface area contributed by atoms with Crippen LogP contribution < -0.4 is 11.3 Å². The first-order valence-corrected chi connectivity index (χ1v) is 6.88. The average Bonchev–Trinajstić information content (AvgIpc) is 2.77. The molecule has 0 saturated carbocycles. The Balaban J connectivity index is 2.22. The van der Waals surface area contributed by atoms with Crippen LogP contribution in [0.15, 0.2) is 63.9 Å². The quantitative estimate of drug-likeness (QED) is 0.758. The van der Waals surface area contributed by atoms with Gasteiger partial charge in [-0.1, -0.05) is 42.5 Å². The summed E-state index contributed by atoms with van der Waals surface area (Å²) in [7, 11) is 0. The first-order chi connectivity index (χ1) is 9.68. The molecule has 2 aromatic carbocycles. The van der Waals surface area contributed by atoms with E-state index in [4.69, 9.17) is 5.73 Å². The van der Waals surface area contributed by atoms with Crippen molar-refractivity contribution in [3.8, 4) is 16.9 Å². The molecule has 0 saturated heterocycles. The monoisotopic (exact) mass is 329 g/mol. The summed E-state index contributed by atoms with van der Waals surface area (Å²) in [5, 5.41) is 3.07. The minimum absolute atomic E-state index is 0.215. The van der Waals surface area contributed by atoms with Gasteiger partial charge in [-0.15, -0.1) is 0 Å². The highest BCUT2D eigenvalue weighted by Gasteiger charge is 2.14. The molecule has 0 atom stereocenters. The number of H-pyrrole nitrogens is 1. The molecule has 0 amide bonds. The first-order valence-electron chi connectivity index (χ1n) is 6.09. The molecule has 20 heavy (non-hydrogen) atoms. The smallest absolute Gasteiger partial charge is 0.295 e. The molecule has 1 heterocycles. The van der Waals surface area contributed by atoms with Crippen LogP contribution in [0.3, 0.4) is 0 Å². The summed E-state index contributed by atoms with van der Waals surface area (Å²) in [5.41, 5.74) is 8.15. The topological polar surface area (TPSA) is 63.8 Å². The second kappa shape index (κ2) is 5.02. The Morgan fingerprint density at radius 3 is 2.35 bits per heavy atom. The molecule has 0 fully saturated rings. The summed E-state index contributed by atoms with van der Waals surface area (Å²) in [6.07, 6.45) is 0. The molecule has 0 radical (unpaired) electrons. The SMILES string of the molecule is Nc1c(-c2ccccc2)[nH]n(-c2ccccc2Br)c1=O. The molecule has 1 aromatic heterocycles. The van der Waals surface area contributed by atoms with Gasteiger partial charge in [0, 0.05) is 10.0 Å². The molecule has 0 bridgehead atoms. The maximum atomic E-state index is 12.3. The fourth-order valence-corrected chi connectivity index (χ4v) is 2.54. The first kappa shape index (κ1) is 12.7. The van der Waals surface area contributed by atoms with Gasteiger partial charge in [0.25, 0.3) is 5.56 Å². The number of halogens is 1. The highest BCUT2D eigenvalue weighted by molar-refractivity contribution is 9.10. The number of anilines is 1. The number of benzene rings is 2. The highest BCUT2D eigenvalue weighted by atomic mass is 79.9. The minimum atomic E-state index is -0.254. The highest BCUT2D eigenvalue weighted by Crippen LogP contribution is 2.24. The summed E-state index contributed by atoms with van der Waals surface area (Å²) in [6, 6.07) is 17.0. The number of nitrogens with one attached hydrogen (secondary N) is 1. The fourth-order valence-electron chi connectivity index (χ4n) is 2.08. The van der Waals surface area contributed by atoms with E-state index in [1.165, 1.54) is 4.68 Å². The third kappa shape index (κ3) is 2.06. The maximum absolute atomic E-state index is 12.3. The van der Waals surface area contributed by atoms with Gasteiger partial charge in [-0.25, -0.2) is 4.68 Å². The van der Waals surface area contributed by atoms with E-state index in [-0.39, 0.29) is 11.2 Å². The van der Waals surface area contributed by atoms with Crippen LogP contribution in [-0.2, 0) is 0 Å². The molecular formula is C15H12BrN3O. The molecule has 4 nitrogen and oxygen atoms in total. The number of para-hydroxylation sites is 1. The lowest BCUT2D eigenvalue weighted by atomic mass is 10.1. The third-order valence-corrected chi connectivity index (χ3v) is 3.75. The molecule has 3 N–H and O–H groups in total. The van der Waals surface area contributed by atoms with E-state index in [9.17, 15) is 4.79 Å². The molecule has 0 unspecified atom stereocenters. The summed E-state index contributed by atoms with van der Waals surface area (Å²) in [4.78, 5) is 12.3. The third-order valence-electron chi connectivity index (χ3n) is 3.08. The van der Waals surface area contributed by atoms with Crippen molar-refractivity contribution in [1.82, 2.24) is 9.78 Å². The van der Waals surface area contributed by atoms with Crippen LogP contribution in [0.5, 0.6) is 0 Å². The van der Waals surface area contributed by atoms with E-state index < -0.39 is 0 Å². The number of nitrogens with zero attached hydrogens (tertiary/aromatic N) is 1. The van der Waals surface area contributed by atoms with Crippen LogP contribution in [0.2, 0.25) is 0 Å². The Labute approximate surface area is 124 Å². The van der Waals surface area contributed by atoms with Crippen LogP contribution in [0, 0.1) is 0 Å². The maximum Gasteiger partial charge on any atom is 0.295 e. The van der Waals surface area contributed by atoms with E-state index in [1.807, 2.05) is 54.6 Å². The van der Waals surface area contributed by atoms with Crippen LogP contribution in [0.25, 0.3) is 16.9 Å². The summed E-state index contributed by atoms with van der Waals surface area (Å²) >= 11 is 3.44. The van der Waals surface area contributed by atoms with Gasteiger partial charge in [0.05, 0.1) is 11.4 Å². The van der Waals surface area contributed by atoms with Gasteiger partial charge < -0.3 is 5.73 Å². The van der Waals surface area contributed by atoms with Crippen molar-refractivity contribution in [1.29, 1.82) is 0 Å². The van der Waals surface area contributed by atoms with Crippen LogP contribution >= 0.6 is 15.9 Å². The van der Waals surface area contributed by atoms with E-state index in [2.05, 4.69) is 21.0 Å². The Morgan fingerprint density at radius 1 is 1.00 bits per heavy atom. The number of nitrogen functional groups attached to an aromatic ring is 1. The van der Waals surface area contributed by atoms with Crippen LogP contribution in [0.1, 0.15) is 0 Å². The van der Waals surface area contributed by atoms with Crippen molar-refractivity contribution >= 4 is 21.6 Å². The van der Waals surface area contributed by atoms with Crippen LogP contribution in [-0.4, -0.2) is 9.78 Å². The second-order valence-electron chi connectivity index (χ2n) is 4.36. The van der Waals surface area contributed by atoms with Crippen molar-refractivity contribution in [3.63, 3.8) is 0 Å². The summed E-state index contributed by atoms with van der Waals surface area (Å²) in [6.45, 7) is 0. The molecule has 0 aliphatic rings. The Bertz CT molecular complexity index is 805. The van der Waals surface area contributed by atoms with Gasteiger partial charge in [0.15, 0.2) is 0 Å². The molecular weight excluding hydrogens is 318 g/mol. The predicted molar refractivity (Wildman–Crippen MR) is 83.9 cm³/mol. The molecule has 100 valence electrons. The largest absolute Gasteiger partial charge is 0.392 e. The van der Waals surface area contributed by atoms with E-state index >= 15 is 0 Å². The number of aromatic amines is 1. The lowest BCUT2D eigenvalue weighted by Gasteiger charge is -2.04. The van der Waals surface area contributed by atoms with Gasteiger partial charge in [0.2, 0.25) is 0 Å². The molecule has 3 aromatic rings. The zero-order chi connectivity index (χ0) is 14.1. The lowest BCUT2D eigenvalue weighted by molar-refractivity contribution is 0.849. The number of hydrogen-bond donors (Lipinski definition) is 2. The van der Waals surface area contributed by atoms with Gasteiger partial charge in [-0.05, 0) is 28.1 Å². The lowest BCUT2D eigenvalue weighted by Crippen LogP contribution is -2.16. The van der Waals surface area contributed by atoms with E-state index in [0.717, 1.165) is 15.7 Å². The van der Waals surface area contributed by atoms with Crippen LogP contribution in [0.4, 0.5) is 5.69 Å². The minimum Gasteiger partial charge on any atom is -0.392 e. The van der Waals surface area contributed by atoms with Crippen molar-refractivity contribution < 1.29 is 0 Å². The molecule has 3 rings (SSSR count). The van der Waals surface area contributed by atoms with Gasteiger partial charge in [0.1, 0.15) is 5.69 Å².